The summed E-state index contributed by atoms with van der Waals surface area (Å²) in [6.45, 7) is 1.61. The second-order valence-corrected chi connectivity index (χ2v) is 8.95. The maximum Gasteiger partial charge on any atom is 0.253 e. The van der Waals surface area contributed by atoms with Gasteiger partial charge >= 0.3 is 0 Å². The van der Waals surface area contributed by atoms with Gasteiger partial charge in [-0.25, -0.2) is 0 Å². The summed E-state index contributed by atoms with van der Waals surface area (Å²) < 4.78 is 0.884. The van der Waals surface area contributed by atoms with Gasteiger partial charge in [0, 0.05) is 17.1 Å². The molecule has 1 heterocycles. The van der Waals surface area contributed by atoms with Crippen molar-refractivity contribution in [3.05, 3.63) is 88.4 Å². The molecule has 3 amide bonds. The Balaban J connectivity index is 1.52. The van der Waals surface area contributed by atoms with Crippen molar-refractivity contribution >= 4 is 39.3 Å². The highest BCUT2D eigenvalue weighted by molar-refractivity contribution is 9.10. The summed E-state index contributed by atoms with van der Waals surface area (Å²) in [7, 11) is 1.70. The number of likely N-dealkylation sites (N-methyl/N-ethyl adjacent to an activating group) is 1. The van der Waals surface area contributed by atoms with Crippen LogP contribution in [0.15, 0.2) is 77.3 Å². The van der Waals surface area contributed by atoms with E-state index in [1.54, 1.807) is 18.9 Å². The largest absolute Gasteiger partial charge is 0.344 e. The minimum atomic E-state index is -0.865. The van der Waals surface area contributed by atoms with E-state index < -0.39 is 18.0 Å². The van der Waals surface area contributed by atoms with Crippen molar-refractivity contribution in [3.63, 3.8) is 0 Å². The highest BCUT2D eigenvalue weighted by Gasteiger charge is 2.34. The molecule has 0 bridgehead atoms. The molecule has 2 N–H and O–H groups in total. The topological polar surface area (TPSA) is 78.5 Å². The lowest BCUT2D eigenvalue weighted by Gasteiger charge is -2.24. The van der Waals surface area contributed by atoms with Gasteiger partial charge in [0.15, 0.2) is 0 Å². The second kappa shape index (κ2) is 9.58. The van der Waals surface area contributed by atoms with Crippen LogP contribution >= 0.6 is 15.9 Å². The molecule has 168 valence electrons. The van der Waals surface area contributed by atoms with E-state index in [0.29, 0.717) is 0 Å². The fourth-order valence-corrected chi connectivity index (χ4v) is 4.48. The molecular weight excluding hydrogens is 482 g/mol. The summed E-state index contributed by atoms with van der Waals surface area (Å²) in [5.41, 5.74) is 4.16. The SMILES string of the molecule is CC(NC(=O)Cc1cccc(Br)c1)C(=O)NC1C(=O)N(C)c2ccccc2-c2ccccc21. The number of hydrogen-bond acceptors (Lipinski definition) is 3. The molecule has 0 saturated heterocycles. The number of nitrogens with zero attached hydrogens (tertiary/aromatic N) is 1. The molecule has 6 nitrogen and oxygen atoms in total. The predicted octanol–water partition coefficient (Wildman–Crippen LogP) is 4.00. The number of rotatable bonds is 5. The molecule has 0 aliphatic carbocycles. The van der Waals surface area contributed by atoms with Crippen LogP contribution in [-0.4, -0.2) is 30.8 Å². The minimum absolute atomic E-state index is 0.153. The summed E-state index contributed by atoms with van der Waals surface area (Å²) in [5, 5.41) is 5.58. The van der Waals surface area contributed by atoms with Crippen molar-refractivity contribution in [2.24, 2.45) is 0 Å². The van der Waals surface area contributed by atoms with Gasteiger partial charge in [-0.2, -0.15) is 0 Å². The number of carbonyl (C=O) groups is 3. The van der Waals surface area contributed by atoms with Crippen LogP contribution in [0.4, 0.5) is 5.69 Å². The summed E-state index contributed by atoms with van der Waals surface area (Å²) in [6.07, 6.45) is 0.153. The Labute approximate surface area is 201 Å². The van der Waals surface area contributed by atoms with E-state index in [1.807, 2.05) is 72.8 Å². The number of amides is 3. The Kier molecular flexibility index (Phi) is 6.60. The maximum atomic E-state index is 13.3. The van der Waals surface area contributed by atoms with Gasteiger partial charge < -0.3 is 15.5 Å². The summed E-state index contributed by atoms with van der Waals surface area (Å²) in [6, 6.07) is 21.0. The highest BCUT2D eigenvalue weighted by atomic mass is 79.9. The fourth-order valence-electron chi connectivity index (χ4n) is 4.03. The van der Waals surface area contributed by atoms with Crippen LogP contribution in [0.1, 0.15) is 24.1 Å². The molecule has 1 aliphatic heterocycles. The van der Waals surface area contributed by atoms with Gasteiger partial charge in [0.1, 0.15) is 12.1 Å². The lowest BCUT2D eigenvalue weighted by atomic mass is 9.95. The third-order valence-corrected chi connectivity index (χ3v) is 6.21. The normalized spacial score (nSPS) is 15.7. The van der Waals surface area contributed by atoms with Crippen LogP contribution in [0.5, 0.6) is 0 Å². The van der Waals surface area contributed by atoms with E-state index in [1.165, 1.54) is 0 Å². The molecule has 0 radical (unpaired) electrons. The number of para-hydroxylation sites is 1. The summed E-state index contributed by atoms with van der Waals surface area (Å²) in [4.78, 5) is 40.4. The lowest BCUT2D eigenvalue weighted by Crippen LogP contribution is -2.49. The Morgan fingerprint density at radius 2 is 1.70 bits per heavy atom. The monoisotopic (exact) mass is 505 g/mol. The van der Waals surface area contributed by atoms with Crippen molar-refractivity contribution in [2.75, 3.05) is 11.9 Å². The quantitative estimate of drug-likeness (QED) is 0.550. The Morgan fingerprint density at radius 3 is 2.45 bits per heavy atom. The van der Waals surface area contributed by atoms with Crippen LogP contribution in [0.25, 0.3) is 11.1 Å². The number of anilines is 1. The number of carbonyl (C=O) groups excluding carboxylic acids is 3. The van der Waals surface area contributed by atoms with Gasteiger partial charge in [-0.3, -0.25) is 14.4 Å². The van der Waals surface area contributed by atoms with Crippen LogP contribution < -0.4 is 15.5 Å². The molecule has 2 unspecified atom stereocenters. The molecular formula is C26H24BrN3O3. The molecule has 0 aromatic heterocycles. The van der Waals surface area contributed by atoms with Crippen LogP contribution in [0.2, 0.25) is 0 Å². The number of halogens is 1. The van der Waals surface area contributed by atoms with Crippen molar-refractivity contribution < 1.29 is 14.4 Å². The van der Waals surface area contributed by atoms with Crippen LogP contribution in [-0.2, 0) is 20.8 Å². The molecule has 0 saturated carbocycles. The molecule has 3 aromatic rings. The molecule has 7 heteroatoms. The van der Waals surface area contributed by atoms with Gasteiger partial charge in [0.2, 0.25) is 11.8 Å². The van der Waals surface area contributed by atoms with Crippen LogP contribution in [0.3, 0.4) is 0 Å². The van der Waals surface area contributed by atoms with E-state index in [-0.39, 0.29) is 18.2 Å². The maximum absolute atomic E-state index is 13.3. The smallest absolute Gasteiger partial charge is 0.253 e. The lowest BCUT2D eigenvalue weighted by molar-refractivity contribution is -0.130. The minimum Gasteiger partial charge on any atom is -0.344 e. The number of nitrogens with one attached hydrogen (secondary N) is 2. The zero-order valence-corrected chi connectivity index (χ0v) is 19.9. The van der Waals surface area contributed by atoms with Gasteiger partial charge in [0.25, 0.3) is 5.91 Å². The molecule has 3 aromatic carbocycles. The molecule has 0 fully saturated rings. The summed E-state index contributed by atoms with van der Waals surface area (Å²) in [5.74, 6) is -0.939. The molecule has 2 atom stereocenters. The average Bonchev–Trinajstić information content (AvgIpc) is 2.89. The van der Waals surface area contributed by atoms with Gasteiger partial charge in [-0.1, -0.05) is 70.5 Å². The fraction of sp³-hybridized carbons (Fsp3) is 0.192. The molecule has 4 rings (SSSR count). The van der Waals surface area contributed by atoms with Gasteiger partial charge in [0.05, 0.1) is 12.1 Å². The van der Waals surface area contributed by atoms with Gasteiger partial charge in [-0.15, -0.1) is 0 Å². The zero-order chi connectivity index (χ0) is 23.5. The first-order chi connectivity index (χ1) is 15.8. The Hall–Kier alpha value is -3.45. The van der Waals surface area contributed by atoms with Crippen molar-refractivity contribution in [1.82, 2.24) is 10.6 Å². The highest BCUT2D eigenvalue weighted by Crippen LogP contribution is 2.39. The third kappa shape index (κ3) is 4.83. The predicted molar refractivity (Wildman–Crippen MR) is 132 cm³/mol. The van der Waals surface area contributed by atoms with Crippen molar-refractivity contribution in [2.45, 2.75) is 25.4 Å². The van der Waals surface area contributed by atoms with Crippen molar-refractivity contribution in [3.8, 4) is 11.1 Å². The summed E-state index contributed by atoms with van der Waals surface area (Å²) >= 11 is 3.39. The van der Waals surface area contributed by atoms with E-state index in [4.69, 9.17) is 0 Å². The van der Waals surface area contributed by atoms with Gasteiger partial charge in [-0.05, 0) is 41.8 Å². The number of hydrogen-bond donors (Lipinski definition) is 2. The van der Waals surface area contributed by atoms with E-state index in [2.05, 4.69) is 26.6 Å². The number of benzene rings is 3. The zero-order valence-electron chi connectivity index (χ0n) is 18.3. The van der Waals surface area contributed by atoms with E-state index in [0.717, 1.165) is 32.4 Å². The van der Waals surface area contributed by atoms with Crippen molar-refractivity contribution in [1.29, 1.82) is 0 Å². The number of fused-ring (bicyclic) bond motifs is 3. The first-order valence-corrected chi connectivity index (χ1v) is 11.4. The Bertz CT molecular complexity index is 1230. The van der Waals surface area contributed by atoms with E-state index >= 15 is 0 Å². The second-order valence-electron chi connectivity index (χ2n) is 8.04. The molecule has 1 aliphatic rings. The first kappa shape index (κ1) is 22.7. The first-order valence-electron chi connectivity index (χ1n) is 10.6. The standard InChI is InChI=1S/C26H24BrN3O3/c1-16(28-23(31)15-17-8-7-9-18(27)14-17)25(32)29-24-21-12-4-3-10-19(21)20-11-5-6-13-22(20)30(2)26(24)33/h3-14,16,24H,15H2,1-2H3,(H,28,31)(H,29,32). The molecule has 0 spiro atoms. The molecule has 33 heavy (non-hydrogen) atoms. The van der Waals surface area contributed by atoms with E-state index in [9.17, 15) is 14.4 Å². The van der Waals surface area contributed by atoms with Crippen LogP contribution in [0, 0.1) is 0 Å². The Morgan fingerprint density at radius 1 is 1.00 bits per heavy atom. The average molecular weight is 506 g/mol. The third-order valence-electron chi connectivity index (χ3n) is 5.72.